The molecule has 140 valence electrons. The van der Waals surface area contributed by atoms with Gasteiger partial charge in [-0.15, -0.1) is 0 Å². The second-order valence-electron chi connectivity index (χ2n) is 6.99. The normalized spacial score (nSPS) is 11.3. The summed E-state index contributed by atoms with van der Waals surface area (Å²) >= 11 is 0. The number of carbonyl (C=O) groups is 2. The summed E-state index contributed by atoms with van der Waals surface area (Å²) in [6.07, 6.45) is 1.71. The minimum atomic E-state index is -0.667. The molecule has 0 saturated carbocycles. The van der Waals surface area contributed by atoms with Gasteiger partial charge in [0.05, 0.1) is 5.69 Å². The fourth-order valence-corrected chi connectivity index (χ4v) is 2.40. The Morgan fingerprint density at radius 1 is 1.07 bits per heavy atom. The first kappa shape index (κ1) is 18.4. The molecule has 0 fully saturated rings. The van der Waals surface area contributed by atoms with Crippen LogP contribution in [0.5, 0.6) is 0 Å². The summed E-state index contributed by atoms with van der Waals surface area (Å²) in [5.74, 6) is -0.625. The minimum absolute atomic E-state index is 0.0883. The van der Waals surface area contributed by atoms with Crippen LogP contribution in [-0.2, 0) is 11.8 Å². The molecule has 0 aliphatic heterocycles. The van der Waals surface area contributed by atoms with Gasteiger partial charge in [-0.1, -0.05) is 18.2 Å². The van der Waals surface area contributed by atoms with Crippen LogP contribution in [0.3, 0.4) is 0 Å². The molecule has 8 heteroatoms. The van der Waals surface area contributed by atoms with Crippen LogP contribution in [0, 0.1) is 0 Å². The molecule has 0 saturated heterocycles. The van der Waals surface area contributed by atoms with Gasteiger partial charge in [-0.25, -0.2) is 9.48 Å². The van der Waals surface area contributed by atoms with E-state index in [0.717, 1.165) is 0 Å². The summed E-state index contributed by atoms with van der Waals surface area (Å²) < 4.78 is 8.43. The van der Waals surface area contributed by atoms with Gasteiger partial charge in [0.25, 0.3) is 5.91 Å². The van der Waals surface area contributed by atoms with Crippen molar-refractivity contribution in [1.29, 1.82) is 0 Å². The van der Waals surface area contributed by atoms with Crippen molar-refractivity contribution in [3.63, 3.8) is 0 Å². The highest BCUT2D eigenvalue weighted by Crippen LogP contribution is 2.18. The lowest BCUT2D eigenvalue weighted by Crippen LogP contribution is -2.25. The fraction of sp³-hybridized carbons (Fsp3) is 0.263. The molecule has 2 aromatic heterocycles. The van der Waals surface area contributed by atoms with E-state index < -0.39 is 17.5 Å². The van der Waals surface area contributed by atoms with Gasteiger partial charge in [0.15, 0.2) is 17.2 Å². The zero-order valence-corrected chi connectivity index (χ0v) is 15.6. The van der Waals surface area contributed by atoms with Crippen LogP contribution in [0.4, 0.5) is 5.82 Å². The Balaban J connectivity index is 1.96. The average Bonchev–Trinajstić information content (AvgIpc) is 3.21. The maximum atomic E-state index is 12.6. The largest absolute Gasteiger partial charge is 0.455 e. The number of nitrogens with zero attached hydrogens (tertiary/aromatic N) is 4. The van der Waals surface area contributed by atoms with Gasteiger partial charge in [0.2, 0.25) is 0 Å². The highest BCUT2D eigenvalue weighted by atomic mass is 16.6. The predicted octanol–water partition coefficient (Wildman–Crippen LogP) is 2.81. The van der Waals surface area contributed by atoms with Gasteiger partial charge in [0, 0.05) is 25.4 Å². The molecule has 0 spiro atoms. The number of esters is 1. The Kier molecular flexibility index (Phi) is 4.81. The number of aryl methyl sites for hydroxylation is 1. The second-order valence-corrected chi connectivity index (χ2v) is 6.99. The van der Waals surface area contributed by atoms with Crippen LogP contribution in [-0.4, -0.2) is 37.0 Å². The van der Waals surface area contributed by atoms with Crippen molar-refractivity contribution in [3.8, 4) is 5.69 Å². The van der Waals surface area contributed by atoms with Gasteiger partial charge < -0.3 is 10.1 Å². The fourth-order valence-electron chi connectivity index (χ4n) is 2.40. The van der Waals surface area contributed by atoms with Gasteiger partial charge in [-0.2, -0.15) is 10.2 Å². The lowest BCUT2D eigenvalue weighted by atomic mass is 10.2. The molecule has 3 rings (SSSR count). The van der Waals surface area contributed by atoms with Gasteiger partial charge in [-0.05, 0) is 32.9 Å². The van der Waals surface area contributed by atoms with Crippen LogP contribution >= 0.6 is 0 Å². The number of ether oxygens (including phenoxy) is 1. The smallest absolute Gasteiger partial charge is 0.357 e. The summed E-state index contributed by atoms with van der Waals surface area (Å²) in [6.45, 7) is 5.34. The molecule has 8 nitrogen and oxygen atoms in total. The number of carbonyl (C=O) groups excluding carboxylic acids is 2. The summed E-state index contributed by atoms with van der Waals surface area (Å²) in [4.78, 5) is 25.2. The Morgan fingerprint density at radius 3 is 2.37 bits per heavy atom. The quantitative estimate of drug-likeness (QED) is 0.716. The van der Waals surface area contributed by atoms with E-state index in [4.69, 9.17) is 4.74 Å². The zero-order chi connectivity index (χ0) is 19.6. The first-order chi connectivity index (χ1) is 12.7. The number of para-hydroxylation sites is 1. The van der Waals surface area contributed by atoms with Gasteiger partial charge in [-0.3, -0.25) is 9.48 Å². The van der Waals surface area contributed by atoms with Crippen LogP contribution < -0.4 is 5.32 Å². The van der Waals surface area contributed by atoms with E-state index in [1.54, 1.807) is 56.9 Å². The monoisotopic (exact) mass is 367 g/mol. The van der Waals surface area contributed by atoms with Crippen LogP contribution in [0.25, 0.3) is 5.69 Å². The molecule has 3 aromatic rings. The third-order valence-corrected chi connectivity index (χ3v) is 3.51. The molecule has 1 amide bonds. The molecule has 2 heterocycles. The van der Waals surface area contributed by atoms with Crippen molar-refractivity contribution in [2.45, 2.75) is 26.4 Å². The van der Waals surface area contributed by atoms with Crippen molar-refractivity contribution >= 4 is 17.7 Å². The van der Waals surface area contributed by atoms with E-state index in [2.05, 4.69) is 15.5 Å². The number of rotatable bonds is 4. The van der Waals surface area contributed by atoms with Crippen molar-refractivity contribution in [3.05, 3.63) is 60.0 Å². The number of amides is 1. The number of hydrogen-bond donors (Lipinski definition) is 1. The van der Waals surface area contributed by atoms with E-state index >= 15 is 0 Å². The van der Waals surface area contributed by atoms with Crippen LogP contribution in [0.15, 0.2) is 48.7 Å². The summed E-state index contributed by atoms with van der Waals surface area (Å²) in [7, 11) is 1.75. The SMILES string of the molecule is Cn1ccc(NC(=O)c2cc(C(=O)OC(C)(C)C)n(-c3ccccc3)n2)n1. The standard InChI is InChI=1S/C19H21N5O3/c1-19(2,3)27-18(26)15-12-14(17(25)20-16-10-11-23(4)22-16)21-24(15)13-8-6-5-7-9-13/h5-12H,1-4H3,(H,20,22,25). The molecular formula is C19H21N5O3. The summed E-state index contributed by atoms with van der Waals surface area (Å²) in [6, 6.07) is 12.2. The molecule has 0 atom stereocenters. The highest BCUT2D eigenvalue weighted by molar-refractivity contribution is 6.03. The maximum Gasteiger partial charge on any atom is 0.357 e. The van der Waals surface area contributed by atoms with Crippen molar-refractivity contribution in [2.24, 2.45) is 7.05 Å². The zero-order valence-electron chi connectivity index (χ0n) is 15.6. The third kappa shape index (κ3) is 4.41. The molecule has 0 bridgehead atoms. The molecule has 0 aliphatic rings. The highest BCUT2D eigenvalue weighted by Gasteiger charge is 2.25. The maximum absolute atomic E-state index is 12.6. The first-order valence-electron chi connectivity index (χ1n) is 8.43. The molecule has 0 aliphatic carbocycles. The van der Waals surface area contributed by atoms with Crippen LogP contribution in [0.1, 0.15) is 41.7 Å². The minimum Gasteiger partial charge on any atom is -0.455 e. The van der Waals surface area contributed by atoms with Crippen LogP contribution in [0.2, 0.25) is 0 Å². The molecule has 1 aromatic carbocycles. The Morgan fingerprint density at radius 2 is 1.78 bits per heavy atom. The van der Waals surface area contributed by atoms with E-state index in [-0.39, 0.29) is 11.4 Å². The molecule has 27 heavy (non-hydrogen) atoms. The van der Waals surface area contributed by atoms with Crippen molar-refractivity contribution in [1.82, 2.24) is 19.6 Å². The molecule has 0 unspecified atom stereocenters. The molecule has 1 N–H and O–H groups in total. The van der Waals surface area contributed by atoms with Gasteiger partial charge in [0.1, 0.15) is 5.60 Å². The van der Waals surface area contributed by atoms with E-state index in [0.29, 0.717) is 11.5 Å². The van der Waals surface area contributed by atoms with E-state index in [1.165, 1.54) is 10.7 Å². The molecular weight excluding hydrogens is 346 g/mol. The summed E-state index contributed by atoms with van der Waals surface area (Å²) in [5.41, 5.74) is 0.238. The van der Waals surface area contributed by atoms with E-state index in [9.17, 15) is 9.59 Å². The Hall–Kier alpha value is -3.42. The summed E-state index contributed by atoms with van der Waals surface area (Å²) in [5, 5.41) is 11.1. The van der Waals surface area contributed by atoms with Crippen molar-refractivity contribution < 1.29 is 14.3 Å². The topological polar surface area (TPSA) is 91.0 Å². The predicted molar refractivity (Wildman–Crippen MR) is 99.9 cm³/mol. The number of nitrogens with one attached hydrogen (secondary N) is 1. The Bertz CT molecular complexity index is 967. The number of benzene rings is 1. The second kappa shape index (κ2) is 7.06. The number of anilines is 1. The Labute approximate surface area is 156 Å². The average molecular weight is 367 g/mol. The lowest BCUT2D eigenvalue weighted by molar-refractivity contribution is 0.00593. The number of hydrogen-bond acceptors (Lipinski definition) is 5. The van der Waals surface area contributed by atoms with E-state index in [1.807, 2.05) is 18.2 Å². The third-order valence-electron chi connectivity index (χ3n) is 3.51. The number of aromatic nitrogens is 4. The molecule has 0 radical (unpaired) electrons. The van der Waals surface area contributed by atoms with Gasteiger partial charge >= 0.3 is 5.97 Å². The first-order valence-corrected chi connectivity index (χ1v) is 8.43. The van der Waals surface area contributed by atoms with Crippen molar-refractivity contribution in [2.75, 3.05) is 5.32 Å². The lowest BCUT2D eigenvalue weighted by Gasteiger charge is -2.19.